The molecule has 1 aromatic heterocycles. The number of hydrogen-bond acceptors (Lipinski definition) is 4. The Hall–Kier alpha value is -2.11. The van der Waals surface area contributed by atoms with Gasteiger partial charge in [0.25, 0.3) is 5.91 Å². The molecule has 2 N–H and O–H groups in total. The highest BCUT2D eigenvalue weighted by Gasteiger charge is 2.10. The zero-order valence-corrected chi connectivity index (χ0v) is 12.3. The third kappa shape index (κ3) is 3.93. The van der Waals surface area contributed by atoms with E-state index in [0.717, 1.165) is 5.69 Å². The second-order valence-electron chi connectivity index (χ2n) is 4.49. The van der Waals surface area contributed by atoms with E-state index in [1.807, 2.05) is 24.1 Å². The molecule has 1 aromatic carbocycles. The minimum absolute atomic E-state index is 0.0918. The summed E-state index contributed by atoms with van der Waals surface area (Å²) >= 11 is 5.88. The molecule has 0 aliphatic heterocycles. The Morgan fingerprint density at radius 3 is 2.67 bits per heavy atom. The van der Waals surface area contributed by atoms with Gasteiger partial charge in [-0.05, 0) is 36.4 Å². The van der Waals surface area contributed by atoms with Crippen molar-refractivity contribution in [2.45, 2.75) is 0 Å². The van der Waals surface area contributed by atoms with Gasteiger partial charge in [-0.15, -0.1) is 0 Å². The maximum Gasteiger partial charge on any atom is 0.258 e. The monoisotopic (exact) mass is 305 g/mol. The number of hydrogen-bond donors (Lipinski definition) is 2. The number of aliphatic hydroxyl groups excluding tert-OH is 1. The van der Waals surface area contributed by atoms with E-state index in [1.165, 1.54) is 6.20 Å². The van der Waals surface area contributed by atoms with Crippen LogP contribution in [0.2, 0.25) is 5.15 Å². The molecule has 21 heavy (non-hydrogen) atoms. The predicted molar refractivity (Wildman–Crippen MR) is 84.0 cm³/mol. The van der Waals surface area contributed by atoms with Crippen LogP contribution in [0.3, 0.4) is 0 Å². The van der Waals surface area contributed by atoms with E-state index in [9.17, 15) is 4.79 Å². The summed E-state index contributed by atoms with van der Waals surface area (Å²) < 4.78 is 0. The maximum absolute atomic E-state index is 12.1. The highest BCUT2D eigenvalue weighted by Crippen LogP contribution is 2.18. The first kappa shape index (κ1) is 15.3. The normalized spacial score (nSPS) is 10.2. The van der Waals surface area contributed by atoms with Crippen LogP contribution in [0.15, 0.2) is 42.6 Å². The number of nitrogens with zero attached hydrogens (tertiary/aromatic N) is 2. The topological polar surface area (TPSA) is 65.5 Å². The number of nitrogens with one attached hydrogen (secondary N) is 1. The first-order valence-corrected chi connectivity index (χ1v) is 6.83. The van der Waals surface area contributed by atoms with Gasteiger partial charge in [0, 0.05) is 31.2 Å². The molecule has 0 atom stereocenters. The summed E-state index contributed by atoms with van der Waals surface area (Å²) in [7, 11) is 1.89. The fraction of sp³-hybridized carbons (Fsp3) is 0.200. The lowest BCUT2D eigenvalue weighted by Gasteiger charge is -2.18. The zero-order chi connectivity index (χ0) is 15.2. The molecule has 0 bridgehead atoms. The number of rotatable bonds is 5. The van der Waals surface area contributed by atoms with Gasteiger partial charge in [-0.2, -0.15) is 0 Å². The van der Waals surface area contributed by atoms with Crippen molar-refractivity contribution in [1.82, 2.24) is 4.98 Å². The van der Waals surface area contributed by atoms with Crippen LogP contribution in [0.25, 0.3) is 0 Å². The summed E-state index contributed by atoms with van der Waals surface area (Å²) in [5.41, 5.74) is 1.96. The van der Waals surface area contributed by atoms with Crippen molar-refractivity contribution in [3.8, 4) is 0 Å². The molecule has 0 fully saturated rings. The first-order chi connectivity index (χ1) is 10.1. The summed E-state index contributed by atoms with van der Waals surface area (Å²) in [5.74, 6) is -0.301. The van der Waals surface area contributed by atoms with Gasteiger partial charge in [0.05, 0.1) is 12.2 Å². The van der Waals surface area contributed by atoms with E-state index < -0.39 is 0 Å². The van der Waals surface area contributed by atoms with Crippen LogP contribution in [0.4, 0.5) is 11.4 Å². The second-order valence-corrected chi connectivity index (χ2v) is 4.85. The van der Waals surface area contributed by atoms with Crippen molar-refractivity contribution in [2.24, 2.45) is 0 Å². The lowest BCUT2D eigenvalue weighted by atomic mass is 10.2. The van der Waals surface area contributed by atoms with Crippen LogP contribution in [0.5, 0.6) is 0 Å². The number of halogens is 1. The smallest absolute Gasteiger partial charge is 0.258 e. The Morgan fingerprint density at radius 2 is 2.05 bits per heavy atom. The summed E-state index contributed by atoms with van der Waals surface area (Å²) in [4.78, 5) is 17.9. The largest absolute Gasteiger partial charge is 0.395 e. The van der Waals surface area contributed by atoms with Crippen LogP contribution < -0.4 is 10.2 Å². The Morgan fingerprint density at radius 1 is 1.33 bits per heavy atom. The third-order valence-electron chi connectivity index (χ3n) is 3.01. The van der Waals surface area contributed by atoms with Gasteiger partial charge in [-0.1, -0.05) is 11.6 Å². The molecule has 5 nitrogen and oxygen atoms in total. The summed E-state index contributed by atoms with van der Waals surface area (Å²) in [6.45, 7) is 0.644. The summed E-state index contributed by atoms with van der Waals surface area (Å²) in [5, 5.41) is 11.8. The molecular formula is C15H16ClN3O2. The predicted octanol–water partition coefficient (Wildman–Crippen LogP) is 2.42. The van der Waals surface area contributed by atoms with E-state index in [4.69, 9.17) is 16.7 Å². The number of carbonyl (C=O) groups is 1. The number of aromatic nitrogens is 1. The zero-order valence-electron chi connectivity index (χ0n) is 11.6. The van der Waals surface area contributed by atoms with E-state index in [2.05, 4.69) is 10.3 Å². The number of benzene rings is 1. The maximum atomic E-state index is 12.1. The van der Waals surface area contributed by atoms with Crippen molar-refractivity contribution in [1.29, 1.82) is 0 Å². The number of aliphatic hydroxyl groups is 1. The molecule has 0 spiro atoms. The molecule has 2 rings (SSSR count). The quantitative estimate of drug-likeness (QED) is 0.833. The highest BCUT2D eigenvalue weighted by molar-refractivity contribution is 6.33. The number of carbonyl (C=O) groups excluding carboxylic acids is 1. The number of amides is 1. The van der Waals surface area contributed by atoms with E-state index >= 15 is 0 Å². The van der Waals surface area contributed by atoms with Crippen LogP contribution >= 0.6 is 11.6 Å². The second kappa shape index (κ2) is 7.06. The van der Waals surface area contributed by atoms with Crippen molar-refractivity contribution < 1.29 is 9.90 Å². The van der Waals surface area contributed by atoms with Crippen molar-refractivity contribution in [3.05, 3.63) is 53.3 Å². The number of likely N-dealkylation sites (N-methyl/N-ethyl adjacent to an activating group) is 1. The number of anilines is 2. The molecule has 1 heterocycles. The molecule has 0 saturated heterocycles. The molecule has 1 amide bonds. The average Bonchev–Trinajstić information content (AvgIpc) is 2.48. The lowest BCUT2D eigenvalue weighted by molar-refractivity contribution is 0.102. The van der Waals surface area contributed by atoms with Gasteiger partial charge in [-0.3, -0.25) is 4.79 Å². The fourth-order valence-electron chi connectivity index (χ4n) is 1.83. The lowest BCUT2D eigenvalue weighted by Crippen LogP contribution is -2.21. The minimum atomic E-state index is -0.301. The summed E-state index contributed by atoms with van der Waals surface area (Å²) in [6.07, 6.45) is 1.53. The first-order valence-electron chi connectivity index (χ1n) is 6.45. The molecule has 6 heteroatoms. The molecular weight excluding hydrogens is 290 g/mol. The Kier molecular flexibility index (Phi) is 5.14. The van der Waals surface area contributed by atoms with Crippen LogP contribution in [0, 0.1) is 0 Å². The molecule has 0 aliphatic rings. The van der Waals surface area contributed by atoms with Gasteiger partial charge < -0.3 is 15.3 Å². The van der Waals surface area contributed by atoms with Gasteiger partial charge in [0.2, 0.25) is 0 Å². The highest BCUT2D eigenvalue weighted by atomic mass is 35.5. The standard InChI is InChI=1S/C15H16ClN3O2/c1-19(9-10-20)12-6-4-11(5-7-12)18-15(21)13-3-2-8-17-14(13)16/h2-8,20H,9-10H2,1H3,(H,18,21). The van der Waals surface area contributed by atoms with Crippen molar-refractivity contribution in [2.75, 3.05) is 30.4 Å². The van der Waals surface area contributed by atoms with Crippen molar-refractivity contribution >= 4 is 28.9 Å². The van der Waals surface area contributed by atoms with E-state index in [1.54, 1.807) is 24.3 Å². The Balaban J connectivity index is 2.07. The molecule has 0 saturated carbocycles. The average molecular weight is 306 g/mol. The van der Waals surface area contributed by atoms with Crippen LogP contribution in [0.1, 0.15) is 10.4 Å². The molecule has 2 aromatic rings. The van der Waals surface area contributed by atoms with Gasteiger partial charge in [-0.25, -0.2) is 4.98 Å². The molecule has 0 unspecified atom stereocenters. The van der Waals surface area contributed by atoms with Crippen LogP contribution in [-0.4, -0.2) is 36.2 Å². The Labute approximate surface area is 128 Å². The molecule has 0 aliphatic carbocycles. The third-order valence-corrected chi connectivity index (χ3v) is 3.31. The Bertz CT molecular complexity index is 617. The van der Waals surface area contributed by atoms with Gasteiger partial charge >= 0.3 is 0 Å². The van der Waals surface area contributed by atoms with Crippen LogP contribution in [-0.2, 0) is 0 Å². The SMILES string of the molecule is CN(CCO)c1ccc(NC(=O)c2cccnc2Cl)cc1. The fourth-order valence-corrected chi connectivity index (χ4v) is 2.04. The number of pyridine rings is 1. The van der Waals surface area contributed by atoms with Crippen molar-refractivity contribution in [3.63, 3.8) is 0 Å². The molecule has 0 radical (unpaired) electrons. The summed E-state index contributed by atoms with van der Waals surface area (Å²) in [6, 6.07) is 10.6. The van der Waals surface area contributed by atoms with Gasteiger partial charge in [0.1, 0.15) is 5.15 Å². The molecule has 110 valence electrons. The van der Waals surface area contributed by atoms with Gasteiger partial charge in [0.15, 0.2) is 0 Å². The minimum Gasteiger partial charge on any atom is -0.395 e. The van der Waals surface area contributed by atoms with E-state index in [0.29, 0.717) is 17.8 Å². The van der Waals surface area contributed by atoms with E-state index in [-0.39, 0.29) is 17.7 Å².